The number of aromatic nitrogens is 2. The van der Waals surface area contributed by atoms with Crippen LogP contribution in [0.25, 0.3) is 0 Å². The van der Waals surface area contributed by atoms with Gasteiger partial charge in [0.1, 0.15) is 11.6 Å². The highest BCUT2D eigenvalue weighted by Gasteiger charge is 2.20. The van der Waals surface area contributed by atoms with Crippen molar-refractivity contribution in [2.45, 2.75) is 53.0 Å². The maximum atomic E-state index is 4.65. The summed E-state index contributed by atoms with van der Waals surface area (Å²) < 4.78 is 0. The Morgan fingerprint density at radius 1 is 1.30 bits per heavy atom. The molecule has 0 radical (unpaired) electrons. The molecule has 0 spiro atoms. The van der Waals surface area contributed by atoms with E-state index in [0.29, 0.717) is 0 Å². The summed E-state index contributed by atoms with van der Waals surface area (Å²) in [5.41, 5.74) is 1.05. The van der Waals surface area contributed by atoms with Crippen LogP contribution in [-0.2, 0) is 6.54 Å². The van der Waals surface area contributed by atoms with Gasteiger partial charge in [-0.3, -0.25) is 4.90 Å². The van der Waals surface area contributed by atoms with Gasteiger partial charge in [0, 0.05) is 24.8 Å². The lowest BCUT2D eigenvalue weighted by molar-refractivity contribution is 0.175. The minimum atomic E-state index is 0.871. The van der Waals surface area contributed by atoms with Crippen LogP contribution in [0.5, 0.6) is 0 Å². The average molecular weight is 276 g/mol. The third-order valence-electron chi connectivity index (χ3n) is 4.01. The van der Waals surface area contributed by atoms with Crippen molar-refractivity contribution in [1.82, 2.24) is 14.9 Å². The lowest BCUT2D eigenvalue weighted by Crippen LogP contribution is -2.32. The largest absolute Gasteiger partial charge is 0.370 e. The summed E-state index contributed by atoms with van der Waals surface area (Å²) >= 11 is 0. The molecule has 0 amide bonds. The van der Waals surface area contributed by atoms with Gasteiger partial charge in [0.25, 0.3) is 0 Å². The SMILES string of the molecule is CCCNc1cc(C)nc(CN(CC)CC2CCC2)n1. The molecule has 1 aliphatic rings. The fourth-order valence-electron chi connectivity index (χ4n) is 2.59. The van der Waals surface area contributed by atoms with E-state index in [4.69, 9.17) is 0 Å². The number of hydrogen-bond acceptors (Lipinski definition) is 4. The normalized spacial score (nSPS) is 15.4. The van der Waals surface area contributed by atoms with E-state index in [2.05, 4.69) is 34.0 Å². The Morgan fingerprint density at radius 2 is 2.10 bits per heavy atom. The molecule has 0 saturated heterocycles. The Labute approximate surface area is 123 Å². The Balaban J connectivity index is 1.96. The number of anilines is 1. The predicted molar refractivity (Wildman–Crippen MR) is 83.8 cm³/mol. The van der Waals surface area contributed by atoms with Gasteiger partial charge in [0.05, 0.1) is 6.54 Å². The zero-order valence-corrected chi connectivity index (χ0v) is 13.2. The first-order valence-electron chi connectivity index (χ1n) is 8.02. The second kappa shape index (κ2) is 7.58. The summed E-state index contributed by atoms with van der Waals surface area (Å²) in [6, 6.07) is 2.03. The lowest BCUT2D eigenvalue weighted by atomic mass is 9.85. The highest BCUT2D eigenvalue weighted by molar-refractivity contribution is 5.35. The summed E-state index contributed by atoms with van der Waals surface area (Å²) in [6.07, 6.45) is 5.32. The van der Waals surface area contributed by atoms with E-state index < -0.39 is 0 Å². The lowest BCUT2D eigenvalue weighted by Gasteiger charge is -2.31. The third-order valence-corrected chi connectivity index (χ3v) is 4.01. The van der Waals surface area contributed by atoms with Gasteiger partial charge in [-0.25, -0.2) is 9.97 Å². The minimum absolute atomic E-state index is 0.871. The van der Waals surface area contributed by atoms with E-state index in [0.717, 1.165) is 49.3 Å². The van der Waals surface area contributed by atoms with Crippen LogP contribution in [0.15, 0.2) is 6.07 Å². The van der Waals surface area contributed by atoms with Crippen LogP contribution in [0.3, 0.4) is 0 Å². The first kappa shape index (κ1) is 15.2. The number of aryl methyl sites for hydroxylation is 1. The Hall–Kier alpha value is -1.16. The van der Waals surface area contributed by atoms with Crippen molar-refractivity contribution in [3.05, 3.63) is 17.6 Å². The van der Waals surface area contributed by atoms with Crippen LogP contribution in [0.4, 0.5) is 5.82 Å². The van der Waals surface area contributed by atoms with E-state index in [1.165, 1.54) is 25.8 Å². The van der Waals surface area contributed by atoms with Crippen LogP contribution in [0.1, 0.15) is 51.0 Å². The van der Waals surface area contributed by atoms with Gasteiger partial charge in [0.2, 0.25) is 0 Å². The number of hydrogen-bond donors (Lipinski definition) is 1. The van der Waals surface area contributed by atoms with Gasteiger partial charge in [-0.05, 0) is 38.6 Å². The molecule has 4 heteroatoms. The highest BCUT2D eigenvalue weighted by atomic mass is 15.2. The van der Waals surface area contributed by atoms with Gasteiger partial charge in [-0.1, -0.05) is 20.3 Å². The molecular formula is C16H28N4. The fraction of sp³-hybridized carbons (Fsp3) is 0.750. The monoisotopic (exact) mass is 276 g/mol. The number of nitrogens with one attached hydrogen (secondary N) is 1. The molecule has 4 nitrogen and oxygen atoms in total. The third kappa shape index (κ3) is 4.44. The van der Waals surface area contributed by atoms with Crippen LogP contribution in [-0.4, -0.2) is 34.5 Å². The van der Waals surface area contributed by atoms with Crippen molar-refractivity contribution >= 4 is 5.82 Å². The molecule has 1 aromatic heterocycles. The molecule has 1 fully saturated rings. The Kier molecular flexibility index (Phi) is 5.77. The van der Waals surface area contributed by atoms with E-state index in [1.54, 1.807) is 0 Å². The van der Waals surface area contributed by atoms with Crippen molar-refractivity contribution in [2.75, 3.05) is 25.0 Å². The molecule has 1 aliphatic carbocycles. The van der Waals surface area contributed by atoms with Crippen LogP contribution < -0.4 is 5.32 Å². The molecule has 112 valence electrons. The molecular weight excluding hydrogens is 248 g/mol. The predicted octanol–water partition coefficient (Wildman–Crippen LogP) is 3.23. The van der Waals surface area contributed by atoms with Crippen molar-refractivity contribution in [3.8, 4) is 0 Å². The second-order valence-corrected chi connectivity index (χ2v) is 5.86. The van der Waals surface area contributed by atoms with E-state index in [9.17, 15) is 0 Å². The molecule has 0 aromatic carbocycles. The maximum Gasteiger partial charge on any atom is 0.144 e. The molecule has 1 heterocycles. The molecule has 0 unspecified atom stereocenters. The first-order valence-corrected chi connectivity index (χ1v) is 8.02. The number of rotatable bonds is 8. The summed E-state index contributed by atoms with van der Waals surface area (Å²) in [5.74, 6) is 2.82. The number of nitrogens with zero attached hydrogens (tertiary/aromatic N) is 3. The summed E-state index contributed by atoms with van der Waals surface area (Å²) in [5, 5.41) is 3.36. The first-order chi connectivity index (χ1) is 9.71. The second-order valence-electron chi connectivity index (χ2n) is 5.86. The van der Waals surface area contributed by atoms with Crippen molar-refractivity contribution in [2.24, 2.45) is 5.92 Å². The fourth-order valence-corrected chi connectivity index (χ4v) is 2.59. The zero-order valence-electron chi connectivity index (χ0n) is 13.2. The summed E-state index contributed by atoms with van der Waals surface area (Å²) in [7, 11) is 0. The minimum Gasteiger partial charge on any atom is -0.370 e. The molecule has 20 heavy (non-hydrogen) atoms. The topological polar surface area (TPSA) is 41.1 Å². The Morgan fingerprint density at radius 3 is 2.70 bits per heavy atom. The highest BCUT2D eigenvalue weighted by Crippen LogP contribution is 2.27. The van der Waals surface area contributed by atoms with Crippen molar-refractivity contribution in [1.29, 1.82) is 0 Å². The van der Waals surface area contributed by atoms with Crippen LogP contribution in [0.2, 0.25) is 0 Å². The van der Waals surface area contributed by atoms with Gasteiger partial charge in [0.15, 0.2) is 0 Å². The quantitative estimate of drug-likeness (QED) is 0.791. The van der Waals surface area contributed by atoms with Gasteiger partial charge >= 0.3 is 0 Å². The maximum absolute atomic E-state index is 4.65. The molecule has 0 bridgehead atoms. The van der Waals surface area contributed by atoms with Gasteiger partial charge in [-0.15, -0.1) is 0 Å². The molecule has 1 saturated carbocycles. The van der Waals surface area contributed by atoms with Gasteiger partial charge < -0.3 is 5.32 Å². The van der Waals surface area contributed by atoms with E-state index in [1.807, 2.05) is 13.0 Å². The summed E-state index contributed by atoms with van der Waals surface area (Å²) in [4.78, 5) is 11.7. The Bertz CT molecular complexity index is 415. The summed E-state index contributed by atoms with van der Waals surface area (Å²) in [6.45, 7) is 10.6. The van der Waals surface area contributed by atoms with Crippen LogP contribution >= 0.6 is 0 Å². The van der Waals surface area contributed by atoms with Crippen molar-refractivity contribution < 1.29 is 0 Å². The van der Waals surface area contributed by atoms with Crippen LogP contribution in [0, 0.1) is 12.8 Å². The van der Waals surface area contributed by atoms with E-state index >= 15 is 0 Å². The zero-order chi connectivity index (χ0) is 14.4. The van der Waals surface area contributed by atoms with E-state index in [-0.39, 0.29) is 0 Å². The smallest absolute Gasteiger partial charge is 0.144 e. The standard InChI is InChI=1S/C16H28N4/c1-4-9-17-15-10-13(3)18-16(19-15)12-20(5-2)11-14-7-6-8-14/h10,14H,4-9,11-12H2,1-3H3,(H,17,18,19). The van der Waals surface area contributed by atoms with Crippen molar-refractivity contribution in [3.63, 3.8) is 0 Å². The molecule has 1 N–H and O–H groups in total. The molecule has 0 atom stereocenters. The molecule has 0 aliphatic heterocycles. The average Bonchev–Trinajstić information content (AvgIpc) is 2.38. The molecule has 1 aromatic rings. The molecule has 2 rings (SSSR count). The van der Waals surface area contributed by atoms with Gasteiger partial charge in [-0.2, -0.15) is 0 Å².